The summed E-state index contributed by atoms with van der Waals surface area (Å²) in [6.45, 7) is 3.28. The van der Waals surface area contributed by atoms with E-state index in [0.717, 1.165) is 31.8 Å². The van der Waals surface area contributed by atoms with E-state index in [-0.39, 0.29) is 17.2 Å². The van der Waals surface area contributed by atoms with Crippen LogP contribution in [0.3, 0.4) is 0 Å². The Balaban J connectivity index is 1.44. The largest absolute Gasteiger partial charge is 0.492 e. The molecule has 3 aliphatic rings. The monoisotopic (exact) mass is 301 g/mol. The molecule has 0 aromatic carbocycles. The Morgan fingerprint density at radius 2 is 2.36 bits per heavy atom. The molecule has 22 heavy (non-hydrogen) atoms. The van der Waals surface area contributed by atoms with Crippen LogP contribution in [-0.4, -0.2) is 48.1 Å². The number of pyridine rings is 1. The third-order valence-electron chi connectivity index (χ3n) is 5.75. The van der Waals surface area contributed by atoms with Gasteiger partial charge in [-0.15, -0.1) is 0 Å². The molecule has 1 aromatic heterocycles. The highest BCUT2D eigenvalue weighted by molar-refractivity contribution is 5.86. The summed E-state index contributed by atoms with van der Waals surface area (Å²) in [6.07, 6.45) is 8.38. The zero-order valence-corrected chi connectivity index (χ0v) is 12.8. The van der Waals surface area contributed by atoms with Crippen LogP contribution < -0.4 is 10.1 Å². The molecule has 4 rings (SSSR count). The van der Waals surface area contributed by atoms with Crippen LogP contribution in [0, 0.1) is 11.3 Å². The van der Waals surface area contributed by atoms with Gasteiger partial charge in [-0.1, -0.05) is 6.42 Å². The molecular weight excluding hydrogens is 278 g/mol. The Labute approximate surface area is 131 Å². The number of nitrogens with zero attached hydrogens (tertiary/aromatic N) is 2. The first kappa shape index (κ1) is 14.0. The van der Waals surface area contributed by atoms with Gasteiger partial charge in [-0.25, -0.2) is 0 Å². The molecule has 1 spiro atoms. The average molecular weight is 301 g/mol. The molecule has 2 aliphatic heterocycles. The van der Waals surface area contributed by atoms with Gasteiger partial charge in [-0.05, 0) is 37.9 Å². The van der Waals surface area contributed by atoms with Crippen molar-refractivity contribution < 1.29 is 9.53 Å². The van der Waals surface area contributed by atoms with Gasteiger partial charge >= 0.3 is 0 Å². The molecule has 2 saturated heterocycles. The maximum atomic E-state index is 12.5. The number of amides is 1. The van der Waals surface area contributed by atoms with Crippen molar-refractivity contribution in [2.75, 3.05) is 26.2 Å². The molecule has 3 heterocycles. The Morgan fingerprint density at radius 1 is 1.45 bits per heavy atom. The number of ether oxygens (including phenoxy) is 1. The molecule has 1 saturated carbocycles. The summed E-state index contributed by atoms with van der Waals surface area (Å²) < 4.78 is 5.89. The van der Waals surface area contributed by atoms with Gasteiger partial charge in [0.05, 0.1) is 18.2 Å². The highest BCUT2D eigenvalue weighted by Crippen LogP contribution is 2.44. The predicted octanol–water partition coefficient (Wildman–Crippen LogP) is 1.45. The topological polar surface area (TPSA) is 54.5 Å². The van der Waals surface area contributed by atoms with Crippen molar-refractivity contribution in [1.82, 2.24) is 15.2 Å². The van der Waals surface area contributed by atoms with Gasteiger partial charge in [0.1, 0.15) is 5.75 Å². The van der Waals surface area contributed by atoms with Crippen molar-refractivity contribution in [2.45, 2.75) is 31.7 Å². The van der Waals surface area contributed by atoms with E-state index in [9.17, 15) is 4.79 Å². The van der Waals surface area contributed by atoms with Crippen LogP contribution >= 0.6 is 0 Å². The summed E-state index contributed by atoms with van der Waals surface area (Å²) in [6, 6.07) is 4.50. The first-order valence-corrected chi connectivity index (χ1v) is 8.33. The summed E-state index contributed by atoms with van der Waals surface area (Å²) >= 11 is 0. The fourth-order valence-corrected chi connectivity index (χ4v) is 4.07. The summed E-state index contributed by atoms with van der Waals surface area (Å²) in [5.41, 5.74) is -0.238. The predicted molar refractivity (Wildman–Crippen MR) is 82.5 cm³/mol. The van der Waals surface area contributed by atoms with Crippen molar-refractivity contribution in [3.63, 3.8) is 0 Å². The van der Waals surface area contributed by atoms with Crippen LogP contribution in [0.25, 0.3) is 0 Å². The van der Waals surface area contributed by atoms with Crippen molar-refractivity contribution in [1.29, 1.82) is 0 Å². The van der Waals surface area contributed by atoms with Crippen molar-refractivity contribution >= 4 is 5.91 Å². The van der Waals surface area contributed by atoms with Gasteiger partial charge in [0.2, 0.25) is 5.91 Å². The molecule has 1 amide bonds. The minimum Gasteiger partial charge on any atom is -0.492 e. The van der Waals surface area contributed by atoms with E-state index in [1.165, 1.54) is 19.3 Å². The van der Waals surface area contributed by atoms with Gasteiger partial charge in [-0.3, -0.25) is 14.7 Å². The Kier molecular flexibility index (Phi) is 3.53. The number of carbonyl (C=O) groups is 1. The molecule has 3 fully saturated rings. The number of hydrogen-bond donors (Lipinski definition) is 1. The zero-order valence-electron chi connectivity index (χ0n) is 12.8. The minimum absolute atomic E-state index is 0.231. The van der Waals surface area contributed by atoms with Crippen molar-refractivity contribution in [2.24, 2.45) is 11.3 Å². The lowest BCUT2D eigenvalue weighted by Gasteiger charge is -2.36. The molecule has 0 radical (unpaired) electrons. The number of hydrogen-bond acceptors (Lipinski definition) is 4. The molecular formula is C17H23N3O2. The molecule has 1 N–H and O–H groups in total. The SMILES string of the molecule is O=C1NC[C@H](COc2cccnc2)[C@]12CCN(C1CCC1)C2. The van der Waals surface area contributed by atoms with Gasteiger partial charge in [0.15, 0.2) is 0 Å². The maximum absolute atomic E-state index is 12.5. The maximum Gasteiger partial charge on any atom is 0.228 e. The lowest BCUT2D eigenvalue weighted by molar-refractivity contribution is -0.128. The van der Waals surface area contributed by atoms with E-state index in [1.54, 1.807) is 12.4 Å². The highest BCUT2D eigenvalue weighted by atomic mass is 16.5. The van der Waals surface area contributed by atoms with E-state index in [0.29, 0.717) is 12.6 Å². The Hall–Kier alpha value is -1.62. The van der Waals surface area contributed by atoms with E-state index < -0.39 is 0 Å². The van der Waals surface area contributed by atoms with Crippen LogP contribution in [-0.2, 0) is 4.79 Å². The van der Waals surface area contributed by atoms with E-state index >= 15 is 0 Å². The van der Waals surface area contributed by atoms with Gasteiger partial charge < -0.3 is 10.1 Å². The van der Waals surface area contributed by atoms with Crippen LogP contribution in [0.2, 0.25) is 0 Å². The Bertz CT molecular complexity index is 546. The molecule has 2 atom stereocenters. The second kappa shape index (κ2) is 5.54. The normalized spacial score (nSPS) is 32.2. The fourth-order valence-electron chi connectivity index (χ4n) is 4.07. The summed E-state index contributed by atoms with van der Waals surface area (Å²) in [7, 11) is 0. The summed E-state index contributed by atoms with van der Waals surface area (Å²) in [4.78, 5) is 19.1. The Morgan fingerprint density at radius 3 is 3.09 bits per heavy atom. The van der Waals surface area contributed by atoms with Crippen molar-refractivity contribution in [3.8, 4) is 5.75 Å². The molecule has 118 valence electrons. The van der Waals surface area contributed by atoms with E-state index in [4.69, 9.17) is 4.74 Å². The zero-order chi connectivity index (χ0) is 15.0. The minimum atomic E-state index is -0.238. The van der Waals surface area contributed by atoms with Gasteiger partial charge in [0.25, 0.3) is 0 Å². The summed E-state index contributed by atoms with van der Waals surface area (Å²) in [5.74, 6) is 1.27. The molecule has 1 aliphatic carbocycles. The smallest absolute Gasteiger partial charge is 0.228 e. The number of aromatic nitrogens is 1. The van der Waals surface area contributed by atoms with Crippen LogP contribution in [0.4, 0.5) is 0 Å². The third kappa shape index (κ3) is 2.28. The number of carbonyl (C=O) groups excluding carboxylic acids is 1. The fraction of sp³-hybridized carbons (Fsp3) is 0.647. The molecule has 1 aromatic rings. The van der Waals surface area contributed by atoms with Gasteiger partial charge in [-0.2, -0.15) is 0 Å². The van der Waals surface area contributed by atoms with Crippen LogP contribution in [0.5, 0.6) is 5.75 Å². The second-order valence-corrected chi connectivity index (χ2v) is 6.87. The number of likely N-dealkylation sites (tertiary alicyclic amines) is 1. The highest BCUT2D eigenvalue weighted by Gasteiger charge is 2.55. The molecule has 0 bridgehead atoms. The third-order valence-corrected chi connectivity index (χ3v) is 5.75. The van der Waals surface area contributed by atoms with E-state index in [2.05, 4.69) is 15.2 Å². The summed E-state index contributed by atoms with van der Waals surface area (Å²) in [5, 5.41) is 3.07. The number of nitrogens with one attached hydrogen (secondary N) is 1. The first-order valence-electron chi connectivity index (χ1n) is 8.33. The second-order valence-electron chi connectivity index (χ2n) is 6.87. The van der Waals surface area contributed by atoms with Gasteiger partial charge in [0, 0.05) is 31.2 Å². The van der Waals surface area contributed by atoms with Crippen LogP contribution in [0.1, 0.15) is 25.7 Å². The average Bonchev–Trinajstić information content (AvgIpc) is 3.04. The van der Waals surface area contributed by atoms with E-state index in [1.807, 2.05) is 12.1 Å². The molecule has 5 nitrogen and oxygen atoms in total. The number of rotatable bonds is 4. The lowest BCUT2D eigenvalue weighted by atomic mass is 9.77. The standard InChI is InChI=1S/C17H23N3O2/c21-16-17(6-8-20(12-17)14-3-1-4-14)13(9-19-16)11-22-15-5-2-7-18-10-15/h2,5,7,10,13-14H,1,3-4,6,8-9,11-12H2,(H,19,21)/t13-,17-/m1/s1. The molecule has 5 heteroatoms. The quantitative estimate of drug-likeness (QED) is 0.914. The molecule has 0 unspecified atom stereocenters. The first-order chi connectivity index (χ1) is 10.8. The lowest BCUT2D eigenvalue weighted by Crippen LogP contribution is -2.44. The van der Waals surface area contributed by atoms with Crippen LogP contribution in [0.15, 0.2) is 24.5 Å². The van der Waals surface area contributed by atoms with Crippen molar-refractivity contribution in [3.05, 3.63) is 24.5 Å².